The summed E-state index contributed by atoms with van der Waals surface area (Å²) >= 11 is 5.95. The van der Waals surface area contributed by atoms with Crippen LogP contribution in [-0.4, -0.2) is 12.1 Å². The Morgan fingerprint density at radius 3 is 2.50 bits per heavy atom. The van der Waals surface area contributed by atoms with Gasteiger partial charge in [-0.25, -0.2) is 0 Å². The van der Waals surface area contributed by atoms with Crippen LogP contribution in [-0.2, 0) is 0 Å². The molecule has 110 valence electrons. The Hall–Kier alpha value is -0.530. The number of nitrogens with one attached hydrogen (secondary N) is 1. The minimum absolute atomic E-state index is 0.746. The molecule has 1 nitrogen and oxygen atoms in total. The lowest BCUT2D eigenvalue weighted by Crippen LogP contribution is -2.47. The molecular formula is C18H26ClN. The lowest BCUT2D eigenvalue weighted by molar-refractivity contribution is 0.209. The van der Waals surface area contributed by atoms with Crippen LogP contribution in [0.25, 0.3) is 0 Å². The predicted molar refractivity (Wildman–Crippen MR) is 86.4 cm³/mol. The molecule has 1 aromatic rings. The van der Waals surface area contributed by atoms with Crippen molar-refractivity contribution in [2.24, 2.45) is 5.92 Å². The molecule has 3 rings (SSSR count). The Morgan fingerprint density at radius 1 is 1.05 bits per heavy atom. The summed E-state index contributed by atoms with van der Waals surface area (Å²) in [5.41, 5.74) is 1.46. The monoisotopic (exact) mass is 291 g/mol. The summed E-state index contributed by atoms with van der Waals surface area (Å²) in [5.74, 6) is 1.71. The third-order valence-electron chi connectivity index (χ3n) is 5.31. The first kappa shape index (κ1) is 14.4. The smallest absolute Gasteiger partial charge is 0.0406 e. The predicted octanol–water partition coefficient (Wildman–Crippen LogP) is 5.14. The Labute approximate surface area is 128 Å². The average Bonchev–Trinajstić information content (AvgIpc) is 2.44. The lowest BCUT2D eigenvalue weighted by atomic mass is 9.74. The van der Waals surface area contributed by atoms with Gasteiger partial charge in [0.15, 0.2) is 0 Å². The van der Waals surface area contributed by atoms with Gasteiger partial charge in [-0.15, -0.1) is 0 Å². The van der Waals surface area contributed by atoms with E-state index in [4.69, 9.17) is 11.6 Å². The molecule has 2 saturated carbocycles. The molecule has 0 spiro atoms. The van der Waals surface area contributed by atoms with E-state index in [1.807, 2.05) is 12.1 Å². The maximum atomic E-state index is 5.95. The number of hydrogen-bond acceptors (Lipinski definition) is 1. The second kappa shape index (κ2) is 6.49. The second-order valence-electron chi connectivity index (χ2n) is 6.72. The Kier molecular flexibility index (Phi) is 4.68. The molecule has 2 heteroatoms. The Bertz CT molecular complexity index is 422. The first-order valence-corrected chi connectivity index (χ1v) is 8.64. The summed E-state index contributed by atoms with van der Waals surface area (Å²) in [6.45, 7) is 2.34. The van der Waals surface area contributed by atoms with Crippen LogP contribution in [0.5, 0.6) is 0 Å². The van der Waals surface area contributed by atoms with E-state index in [9.17, 15) is 0 Å². The molecule has 0 saturated heterocycles. The highest BCUT2D eigenvalue weighted by Gasteiger charge is 2.32. The quantitative estimate of drug-likeness (QED) is 0.809. The Morgan fingerprint density at radius 2 is 1.80 bits per heavy atom. The van der Waals surface area contributed by atoms with Gasteiger partial charge in [-0.3, -0.25) is 0 Å². The molecule has 0 aromatic heterocycles. The molecule has 2 fully saturated rings. The SMILES string of the molecule is CCC1CCCC(NC2CC(c3ccc(Cl)cc3)C2)C1. The van der Waals surface area contributed by atoms with Crippen LogP contribution in [0.4, 0.5) is 0 Å². The highest BCUT2D eigenvalue weighted by molar-refractivity contribution is 6.30. The summed E-state index contributed by atoms with van der Waals surface area (Å²) in [6.07, 6.45) is 9.62. The first-order chi connectivity index (χ1) is 9.74. The first-order valence-electron chi connectivity index (χ1n) is 8.26. The van der Waals surface area contributed by atoms with Crippen LogP contribution in [0.1, 0.15) is 63.4 Å². The van der Waals surface area contributed by atoms with Gasteiger partial charge in [-0.1, -0.05) is 49.9 Å². The summed E-state index contributed by atoms with van der Waals surface area (Å²) in [6, 6.07) is 9.95. The van der Waals surface area contributed by atoms with Gasteiger partial charge in [0.2, 0.25) is 0 Å². The van der Waals surface area contributed by atoms with Crippen LogP contribution < -0.4 is 5.32 Å². The van der Waals surface area contributed by atoms with E-state index in [0.29, 0.717) is 0 Å². The second-order valence-corrected chi connectivity index (χ2v) is 7.16. The van der Waals surface area contributed by atoms with E-state index in [1.54, 1.807) is 0 Å². The summed E-state index contributed by atoms with van der Waals surface area (Å²) in [5, 5.41) is 4.75. The third kappa shape index (κ3) is 3.38. The fraction of sp³-hybridized carbons (Fsp3) is 0.667. The molecule has 1 N–H and O–H groups in total. The van der Waals surface area contributed by atoms with E-state index < -0.39 is 0 Å². The normalized spacial score (nSPS) is 33.7. The Balaban J connectivity index is 1.45. The van der Waals surface area contributed by atoms with E-state index >= 15 is 0 Å². The van der Waals surface area contributed by atoms with E-state index in [1.165, 1.54) is 50.5 Å². The molecule has 0 radical (unpaired) electrons. The average molecular weight is 292 g/mol. The zero-order valence-electron chi connectivity index (χ0n) is 12.4. The number of hydrogen-bond donors (Lipinski definition) is 1. The maximum Gasteiger partial charge on any atom is 0.0406 e. The van der Waals surface area contributed by atoms with Gasteiger partial charge in [0.25, 0.3) is 0 Å². The van der Waals surface area contributed by atoms with E-state index in [-0.39, 0.29) is 0 Å². The van der Waals surface area contributed by atoms with Crippen molar-refractivity contribution in [3.8, 4) is 0 Å². The van der Waals surface area contributed by atoms with Crippen molar-refractivity contribution in [3.63, 3.8) is 0 Å². The molecule has 20 heavy (non-hydrogen) atoms. The molecule has 1 aromatic carbocycles. The van der Waals surface area contributed by atoms with Crippen molar-refractivity contribution in [2.45, 2.75) is 69.9 Å². The van der Waals surface area contributed by atoms with Gasteiger partial charge in [0.05, 0.1) is 0 Å². The zero-order chi connectivity index (χ0) is 13.9. The topological polar surface area (TPSA) is 12.0 Å². The molecule has 2 atom stereocenters. The molecule has 0 amide bonds. The van der Waals surface area contributed by atoms with Gasteiger partial charge < -0.3 is 5.32 Å². The number of benzene rings is 1. The highest BCUT2D eigenvalue weighted by Crippen LogP contribution is 2.38. The van der Waals surface area contributed by atoms with Crippen LogP contribution in [0.2, 0.25) is 5.02 Å². The van der Waals surface area contributed by atoms with E-state index in [2.05, 4.69) is 24.4 Å². The number of halogens is 1. The number of rotatable bonds is 4. The van der Waals surface area contributed by atoms with Crippen molar-refractivity contribution in [1.29, 1.82) is 0 Å². The standard InChI is InChI=1S/C18H26ClN/c1-2-13-4-3-5-17(10-13)20-18-11-15(12-18)14-6-8-16(19)9-7-14/h6-9,13,15,17-18,20H,2-5,10-12H2,1H3. The maximum absolute atomic E-state index is 5.95. The molecule has 0 heterocycles. The van der Waals surface area contributed by atoms with E-state index in [0.717, 1.165) is 28.9 Å². The minimum Gasteiger partial charge on any atom is -0.311 e. The zero-order valence-corrected chi connectivity index (χ0v) is 13.2. The van der Waals surface area contributed by atoms with Crippen LogP contribution in [0, 0.1) is 5.92 Å². The van der Waals surface area contributed by atoms with Crippen LogP contribution in [0.15, 0.2) is 24.3 Å². The summed E-state index contributed by atoms with van der Waals surface area (Å²) < 4.78 is 0. The molecule has 0 aliphatic heterocycles. The van der Waals surface area contributed by atoms with Gasteiger partial charge in [-0.05, 0) is 55.2 Å². The van der Waals surface area contributed by atoms with Crippen molar-refractivity contribution in [1.82, 2.24) is 5.32 Å². The third-order valence-corrected chi connectivity index (χ3v) is 5.56. The van der Waals surface area contributed by atoms with Crippen molar-refractivity contribution in [2.75, 3.05) is 0 Å². The molecule has 0 bridgehead atoms. The fourth-order valence-corrected chi connectivity index (χ4v) is 4.03. The molecule has 2 aliphatic carbocycles. The summed E-state index contributed by atoms with van der Waals surface area (Å²) in [7, 11) is 0. The lowest BCUT2D eigenvalue weighted by Gasteiger charge is -2.40. The van der Waals surface area contributed by atoms with Crippen molar-refractivity contribution < 1.29 is 0 Å². The van der Waals surface area contributed by atoms with Crippen LogP contribution >= 0.6 is 11.6 Å². The van der Waals surface area contributed by atoms with Crippen molar-refractivity contribution >= 4 is 11.6 Å². The fourth-order valence-electron chi connectivity index (χ4n) is 3.91. The van der Waals surface area contributed by atoms with Gasteiger partial charge in [0.1, 0.15) is 0 Å². The molecule has 2 aliphatic rings. The molecule has 2 unspecified atom stereocenters. The largest absolute Gasteiger partial charge is 0.311 e. The van der Waals surface area contributed by atoms with Gasteiger partial charge >= 0.3 is 0 Å². The highest BCUT2D eigenvalue weighted by atomic mass is 35.5. The van der Waals surface area contributed by atoms with Gasteiger partial charge in [0, 0.05) is 17.1 Å². The van der Waals surface area contributed by atoms with Crippen molar-refractivity contribution in [3.05, 3.63) is 34.9 Å². The van der Waals surface area contributed by atoms with Gasteiger partial charge in [-0.2, -0.15) is 0 Å². The summed E-state index contributed by atoms with van der Waals surface area (Å²) in [4.78, 5) is 0. The minimum atomic E-state index is 0.746. The molecular weight excluding hydrogens is 266 g/mol. The van der Waals surface area contributed by atoms with Crippen LogP contribution in [0.3, 0.4) is 0 Å².